The van der Waals surface area contributed by atoms with Crippen LogP contribution in [0.2, 0.25) is 0 Å². The molecular weight excluding hydrogens is 408 g/mol. The normalized spacial score (nSPS) is 12.0. The number of aromatic carboxylic acids is 1. The van der Waals surface area contributed by atoms with Gasteiger partial charge in [0.2, 0.25) is 0 Å². The number of carbonyl (C=O) groups is 2. The number of rotatable bonds is 5. The molecule has 3 N–H and O–H groups in total. The molecule has 0 atom stereocenters. The summed E-state index contributed by atoms with van der Waals surface area (Å²) in [5.74, 6) is -1.74. The number of carboxylic acid groups (broad SMARTS) is 1. The van der Waals surface area contributed by atoms with Crippen LogP contribution < -0.4 is 5.43 Å². The SMILES string of the molecule is C/C(=N\NC(=O)c1cccc(C(=O)O)c1)c1nn(C)c(-c2ccc(C(C)(C)C)cc2)c1O. The van der Waals surface area contributed by atoms with Crippen LogP contribution >= 0.6 is 0 Å². The lowest BCUT2D eigenvalue weighted by atomic mass is 9.86. The lowest BCUT2D eigenvalue weighted by Gasteiger charge is -2.19. The van der Waals surface area contributed by atoms with Gasteiger partial charge in [-0.25, -0.2) is 10.2 Å². The summed E-state index contributed by atoms with van der Waals surface area (Å²) in [6.45, 7) is 8.01. The Kier molecular flexibility index (Phi) is 6.16. The van der Waals surface area contributed by atoms with Gasteiger partial charge < -0.3 is 10.2 Å². The number of aromatic hydroxyl groups is 1. The molecule has 166 valence electrons. The maximum Gasteiger partial charge on any atom is 0.335 e. The lowest BCUT2D eigenvalue weighted by Crippen LogP contribution is -2.20. The van der Waals surface area contributed by atoms with Crippen LogP contribution in [0.3, 0.4) is 0 Å². The van der Waals surface area contributed by atoms with Gasteiger partial charge >= 0.3 is 5.97 Å². The fourth-order valence-corrected chi connectivity index (χ4v) is 3.25. The van der Waals surface area contributed by atoms with E-state index in [0.29, 0.717) is 11.4 Å². The van der Waals surface area contributed by atoms with Crippen LogP contribution in [0.25, 0.3) is 11.3 Å². The molecule has 0 radical (unpaired) electrons. The number of carboxylic acids is 1. The molecule has 32 heavy (non-hydrogen) atoms. The zero-order valence-corrected chi connectivity index (χ0v) is 18.7. The van der Waals surface area contributed by atoms with E-state index in [-0.39, 0.29) is 28.0 Å². The molecule has 1 amide bonds. The van der Waals surface area contributed by atoms with Gasteiger partial charge in [0.05, 0.1) is 11.3 Å². The predicted molar refractivity (Wildman–Crippen MR) is 122 cm³/mol. The minimum Gasteiger partial charge on any atom is -0.504 e. The van der Waals surface area contributed by atoms with Crippen molar-refractivity contribution in [2.45, 2.75) is 33.1 Å². The highest BCUT2D eigenvalue weighted by molar-refractivity contribution is 6.03. The van der Waals surface area contributed by atoms with Crippen LogP contribution in [0.4, 0.5) is 0 Å². The molecule has 8 heteroatoms. The van der Waals surface area contributed by atoms with Crippen molar-refractivity contribution < 1.29 is 19.8 Å². The van der Waals surface area contributed by atoms with Gasteiger partial charge in [-0.1, -0.05) is 51.1 Å². The monoisotopic (exact) mass is 434 g/mol. The molecule has 0 saturated carbocycles. The number of nitrogens with zero attached hydrogens (tertiary/aromatic N) is 3. The van der Waals surface area contributed by atoms with Gasteiger partial charge in [-0.2, -0.15) is 10.2 Å². The molecule has 0 fully saturated rings. The third-order valence-electron chi connectivity index (χ3n) is 5.09. The first-order valence-corrected chi connectivity index (χ1v) is 10.0. The maximum atomic E-state index is 12.3. The Bertz CT molecular complexity index is 1200. The Hall–Kier alpha value is -3.94. The topological polar surface area (TPSA) is 117 Å². The molecule has 2 aromatic carbocycles. The van der Waals surface area contributed by atoms with Crippen molar-refractivity contribution in [1.29, 1.82) is 0 Å². The van der Waals surface area contributed by atoms with Gasteiger partial charge in [-0.3, -0.25) is 9.48 Å². The summed E-state index contributed by atoms with van der Waals surface area (Å²) in [5.41, 5.74) is 5.62. The highest BCUT2D eigenvalue weighted by atomic mass is 16.4. The van der Waals surface area contributed by atoms with Crippen molar-refractivity contribution in [3.63, 3.8) is 0 Å². The number of aromatic nitrogens is 2. The van der Waals surface area contributed by atoms with Crippen LogP contribution in [0.15, 0.2) is 53.6 Å². The zero-order valence-electron chi connectivity index (χ0n) is 18.7. The first kappa shape index (κ1) is 22.7. The van der Waals surface area contributed by atoms with E-state index in [4.69, 9.17) is 5.11 Å². The smallest absolute Gasteiger partial charge is 0.335 e. The highest BCUT2D eigenvalue weighted by Gasteiger charge is 2.20. The van der Waals surface area contributed by atoms with Gasteiger partial charge in [0.25, 0.3) is 5.91 Å². The first-order chi connectivity index (χ1) is 15.0. The van der Waals surface area contributed by atoms with E-state index < -0.39 is 11.9 Å². The minimum atomic E-state index is -1.12. The summed E-state index contributed by atoms with van der Waals surface area (Å²) in [7, 11) is 1.72. The van der Waals surface area contributed by atoms with Crippen molar-refractivity contribution in [3.8, 4) is 17.0 Å². The number of amides is 1. The molecule has 3 aromatic rings. The zero-order chi connectivity index (χ0) is 23.6. The van der Waals surface area contributed by atoms with Gasteiger partial charge in [0.1, 0.15) is 5.69 Å². The number of carbonyl (C=O) groups excluding carboxylic acids is 1. The summed E-state index contributed by atoms with van der Waals surface area (Å²) >= 11 is 0. The van der Waals surface area contributed by atoms with Crippen molar-refractivity contribution >= 4 is 17.6 Å². The molecule has 0 unspecified atom stereocenters. The molecule has 0 aliphatic heterocycles. The second-order valence-electron chi connectivity index (χ2n) is 8.52. The summed E-state index contributed by atoms with van der Waals surface area (Å²) in [5, 5.41) is 28.3. The molecule has 1 heterocycles. The van der Waals surface area contributed by atoms with Crippen LogP contribution in [0.1, 0.15) is 59.7 Å². The Balaban J connectivity index is 1.84. The quantitative estimate of drug-likeness (QED) is 0.415. The van der Waals surface area contributed by atoms with E-state index in [1.807, 2.05) is 24.3 Å². The molecular formula is C24H26N4O4. The number of hydrogen-bond acceptors (Lipinski definition) is 5. The summed E-state index contributed by atoms with van der Waals surface area (Å²) < 4.78 is 1.56. The number of benzene rings is 2. The average Bonchev–Trinajstić information content (AvgIpc) is 3.05. The van der Waals surface area contributed by atoms with Gasteiger partial charge in [0, 0.05) is 18.2 Å². The number of nitrogens with one attached hydrogen (secondary N) is 1. The summed E-state index contributed by atoms with van der Waals surface area (Å²) in [6, 6.07) is 13.5. The number of aryl methyl sites for hydroxylation is 1. The minimum absolute atomic E-state index is 0.00263. The Morgan fingerprint density at radius 1 is 1.06 bits per heavy atom. The van der Waals surface area contributed by atoms with Gasteiger partial charge in [-0.05, 0) is 36.1 Å². The molecule has 0 aliphatic rings. The lowest BCUT2D eigenvalue weighted by molar-refractivity contribution is 0.0697. The maximum absolute atomic E-state index is 12.3. The van der Waals surface area contributed by atoms with E-state index in [9.17, 15) is 14.7 Å². The standard InChI is InChI=1S/C24H26N4O4/c1-14(25-26-22(30)16-7-6-8-17(13-16)23(31)32)19-21(29)20(28(5)27-19)15-9-11-18(12-10-15)24(2,3)4/h6-13,29H,1-5H3,(H,26,30)(H,31,32)/b25-14+. The van der Waals surface area contributed by atoms with E-state index >= 15 is 0 Å². The second-order valence-corrected chi connectivity index (χ2v) is 8.52. The second kappa shape index (κ2) is 8.66. The Labute approximate surface area is 186 Å². The molecule has 0 bridgehead atoms. The van der Waals surface area contributed by atoms with E-state index in [1.165, 1.54) is 29.8 Å². The summed E-state index contributed by atoms with van der Waals surface area (Å²) in [6.07, 6.45) is 0. The molecule has 0 aliphatic carbocycles. The van der Waals surface area contributed by atoms with Gasteiger partial charge in [0.15, 0.2) is 11.4 Å². The van der Waals surface area contributed by atoms with Crippen LogP contribution in [0, 0.1) is 0 Å². The van der Waals surface area contributed by atoms with E-state index in [1.54, 1.807) is 18.7 Å². The van der Waals surface area contributed by atoms with Crippen molar-refractivity contribution in [3.05, 3.63) is 70.9 Å². The fourth-order valence-electron chi connectivity index (χ4n) is 3.25. The largest absolute Gasteiger partial charge is 0.504 e. The van der Waals surface area contributed by atoms with Crippen LogP contribution in [0.5, 0.6) is 5.75 Å². The number of hydrogen-bond donors (Lipinski definition) is 3. The third kappa shape index (κ3) is 4.69. The van der Waals surface area contributed by atoms with Crippen LogP contribution in [-0.4, -0.2) is 37.6 Å². The van der Waals surface area contributed by atoms with Crippen molar-refractivity contribution in [2.24, 2.45) is 12.1 Å². The molecule has 0 spiro atoms. The van der Waals surface area contributed by atoms with Crippen LogP contribution in [-0.2, 0) is 12.5 Å². The van der Waals surface area contributed by atoms with E-state index in [0.717, 1.165) is 5.56 Å². The Morgan fingerprint density at radius 2 is 1.69 bits per heavy atom. The molecule has 0 saturated heterocycles. The molecule has 8 nitrogen and oxygen atoms in total. The summed E-state index contributed by atoms with van der Waals surface area (Å²) in [4.78, 5) is 23.4. The van der Waals surface area contributed by atoms with Crippen molar-refractivity contribution in [2.75, 3.05) is 0 Å². The third-order valence-corrected chi connectivity index (χ3v) is 5.09. The van der Waals surface area contributed by atoms with Crippen molar-refractivity contribution in [1.82, 2.24) is 15.2 Å². The number of hydrazone groups is 1. The van der Waals surface area contributed by atoms with Gasteiger partial charge in [-0.15, -0.1) is 0 Å². The molecule has 3 rings (SSSR count). The molecule has 1 aromatic heterocycles. The first-order valence-electron chi connectivity index (χ1n) is 10.0. The predicted octanol–water partition coefficient (Wildman–Crippen LogP) is 3.94. The highest BCUT2D eigenvalue weighted by Crippen LogP contribution is 2.33. The van der Waals surface area contributed by atoms with E-state index in [2.05, 4.69) is 36.4 Å². The average molecular weight is 434 g/mol. The fraction of sp³-hybridized carbons (Fsp3) is 0.250. The Morgan fingerprint density at radius 3 is 2.28 bits per heavy atom.